The van der Waals surface area contributed by atoms with Gasteiger partial charge in [0.15, 0.2) is 0 Å². The molecule has 0 amide bonds. The highest BCUT2D eigenvalue weighted by atomic mass is 16.4. The second kappa shape index (κ2) is 6.02. The van der Waals surface area contributed by atoms with E-state index in [0.717, 1.165) is 13.0 Å². The Bertz CT molecular complexity index is 294. The zero-order valence-electron chi connectivity index (χ0n) is 11.6. The van der Waals surface area contributed by atoms with E-state index in [9.17, 15) is 4.79 Å². The molecule has 2 rings (SSSR count). The first kappa shape index (κ1) is 13.8. The van der Waals surface area contributed by atoms with Crippen LogP contribution >= 0.6 is 0 Å². The third-order valence-electron chi connectivity index (χ3n) is 4.53. The molecule has 0 saturated carbocycles. The first-order chi connectivity index (χ1) is 8.56. The van der Waals surface area contributed by atoms with Gasteiger partial charge in [-0.1, -0.05) is 0 Å². The first-order valence-electron chi connectivity index (χ1n) is 7.26. The summed E-state index contributed by atoms with van der Waals surface area (Å²) >= 11 is 0. The fraction of sp³-hybridized carbons (Fsp3) is 0.929. The van der Waals surface area contributed by atoms with Crippen LogP contribution in [-0.4, -0.2) is 59.1 Å². The van der Waals surface area contributed by atoms with Crippen molar-refractivity contribution in [2.75, 3.05) is 26.2 Å². The topological polar surface area (TPSA) is 43.8 Å². The largest absolute Gasteiger partial charge is 0.481 e. The van der Waals surface area contributed by atoms with Gasteiger partial charge in [-0.3, -0.25) is 14.6 Å². The molecule has 0 aliphatic carbocycles. The van der Waals surface area contributed by atoms with E-state index in [2.05, 4.69) is 23.6 Å². The van der Waals surface area contributed by atoms with E-state index in [1.807, 2.05) is 0 Å². The highest BCUT2D eigenvalue weighted by Crippen LogP contribution is 2.27. The van der Waals surface area contributed by atoms with E-state index in [1.165, 1.54) is 32.5 Å². The molecule has 2 saturated heterocycles. The van der Waals surface area contributed by atoms with Gasteiger partial charge in [0, 0.05) is 38.1 Å². The van der Waals surface area contributed by atoms with Crippen molar-refractivity contribution in [2.45, 2.75) is 51.6 Å². The molecule has 0 bridgehead atoms. The van der Waals surface area contributed by atoms with Gasteiger partial charge in [-0.05, 0) is 45.6 Å². The Morgan fingerprint density at radius 1 is 1.28 bits per heavy atom. The van der Waals surface area contributed by atoms with Crippen molar-refractivity contribution in [1.29, 1.82) is 0 Å². The van der Waals surface area contributed by atoms with E-state index in [-0.39, 0.29) is 0 Å². The SMILES string of the molecule is CC(C)N1CCC(N2CCC(CCC(=O)O)C2)C1. The lowest BCUT2D eigenvalue weighted by Gasteiger charge is -2.25. The number of nitrogens with zero attached hydrogens (tertiary/aromatic N) is 2. The number of likely N-dealkylation sites (tertiary alicyclic amines) is 2. The van der Waals surface area contributed by atoms with Crippen LogP contribution in [0.5, 0.6) is 0 Å². The van der Waals surface area contributed by atoms with Crippen LogP contribution in [-0.2, 0) is 4.79 Å². The molecule has 18 heavy (non-hydrogen) atoms. The van der Waals surface area contributed by atoms with Gasteiger partial charge < -0.3 is 5.11 Å². The molecular weight excluding hydrogens is 228 g/mol. The molecule has 2 unspecified atom stereocenters. The van der Waals surface area contributed by atoms with Crippen molar-refractivity contribution in [3.63, 3.8) is 0 Å². The molecule has 4 nitrogen and oxygen atoms in total. The predicted octanol–water partition coefficient (Wildman–Crippen LogP) is 1.66. The molecule has 0 aromatic heterocycles. The van der Waals surface area contributed by atoms with Crippen molar-refractivity contribution >= 4 is 5.97 Å². The number of hydrogen-bond donors (Lipinski definition) is 1. The van der Waals surface area contributed by atoms with Crippen LogP contribution in [0.25, 0.3) is 0 Å². The van der Waals surface area contributed by atoms with Gasteiger partial charge in [0.05, 0.1) is 0 Å². The maximum atomic E-state index is 10.6. The first-order valence-corrected chi connectivity index (χ1v) is 7.26. The third kappa shape index (κ3) is 3.45. The summed E-state index contributed by atoms with van der Waals surface area (Å²) in [7, 11) is 0. The summed E-state index contributed by atoms with van der Waals surface area (Å²) in [5.74, 6) is -0.0468. The summed E-state index contributed by atoms with van der Waals surface area (Å²) in [6.07, 6.45) is 3.66. The molecule has 0 spiro atoms. The Morgan fingerprint density at radius 2 is 2.06 bits per heavy atom. The predicted molar refractivity (Wildman–Crippen MR) is 71.7 cm³/mol. The van der Waals surface area contributed by atoms with Crippen LogP contribution in [0, 0.1) is 5.92 Å². The lowest BCUT2D eigenvalue weighted by Crippen LogP contribution is -2.37. The monoisotopic (exact) mass is 254 g/mol. The second-order valence-electron chi connectivity index (χ2n) is 6.11. The van der Waals surface area contributed by atoms with Gasteiger partial charge in [0.25, 0.3) is 0 Å². The molecule has 1 N–H and O–H groups in total. The summed E-state index contributed by atoms with van der Waals surface area (Å²) in [5.41, 5.74) is 0. The molecule has 4 heteroatoms. The molecule has 2 atom stereocenters. The summed E-state index contributed by atoms with van der Waals surface area (Å²) in [5, 5.41) is 8.73. The van der Waals surface area contributed by atoms with Crippen molar-refractivity contribution in [1.82, 2.24) is 9.80 Å². The van der Waals surface area contributed by atoms with E-state index in [0.29, 0.717) is 24.4 Å². The second-order valence-corrected chi connectivity index (χ2v) is 6.11. The Labute approximate surface area is 110 Å². The van der Waals surface area contributed by atoms with Crippen LogP contribution < -0.4 is 0 Å². The Hall–Kier alpha value is -0.610. The highest BCUT2D eigenvalue weighted by Gasteiger charge is 2.33. The van der Waals surface area contributed by atoms with Gasteiger partial charge >= 0.3 is 5.97 Å². The van der Waals surface area contributed by atoms with Crippen LogP contribution in [0.2, 0.25) is 0 Å². The van der Waals surface area contributed by atoms with Crippen LogP contribution in [0.4, 0.5) is 0 Å². The summed E-state index contributed by atoms with van der Waals surface area (Å²) in [4.78, 5) is 15.7. The number of carbonyl (C=O) groups is 1. The maximum Gasteiger partial charge on any atom is 0.303 e. The molecule has 2 heterocycles. The zero-order valence-corrected chi connectivity index (χ0v) is 11.6. The number of hydrogen-bond acceptors (Lipinski definition) is 3. The number of aliphatic carboxylic acids is 1. The smallest absolute Gasteiger partial charge is 0.303 e. The van der Waals surface area contributed by atoms with Crippen LogP contribution in [0.1, 0.15) is 39.5 Å². The fourth-order valence-electron chi connectivity index (χ4n) is 3.29. The third-order valence-corrected chi connectivity index (χ3v) is 4.53. The number of carboxylic acid groups (broad SMARTS) is 1. The minimum atomic E-state index is -0.653. The highest BCUT2D eigenvalue weighted by molar-refractivity contribution is 5.66. The molecule has 0 aromatic carbocycles. The van der Waals surface area contributed by atoms with Crippen molar-refractivity contribution in [3.8, 4) is 0 Å². The fourth-order valence-corrected chi connectivity index (χ4v) is 3.29. The lowest BCUT2D eigenvalue weighted by atomic mass is 10.0. The van der Waals surface area contributed by atoms with Gasteiger partial charge in [-0.2, -0.15) is 0 Å². The van der Waals surface area contributed by atoms with Crippen LogP contribution in [0.15, 0.2) is 0 Å². The van der Waals surface area contributed by atoms with E-state index in [1.54, 1.807) is 0 Å². The van der Waals surface area contributed by atoms with Gasteiger partial charge in [0.1, 0.15) is 0 Å². The van der Waals surface area contributed by atoms with Crippen LogP contribution in [0.3, 0.4) is 0 Å². The Kier molecular flexibility index (Phi) is 4.62. The minimum Gasteiger partial charge on any atom is -0.481 e. The minimum absolute atomic E-state index is 0.335. The quantitative estimate of drug-likeness (QED) is 0.810. The molecule has 2 aliphatic heterocycles. The van der Waals surface area contributed by atoms with E-state index < -0.39 is 5.97 Å². The average Bonchev–Trinajstić information content (AvgIpc) is 2.95. The molecule has 104 valence electrons. The summed E-state index contributed by atoms with van der Waals surface area (Å²) in [6.45, 7) is 9.23. The summed E-state index contributed by atoms with van der Waals surface area (Å²) in [6, 6.07) is 1.36. The van der Waals surface area contributed by atoms with Gasteiger partial charge in [-0.25, -0.2) is 0 Å². The lowest BCUT2D eigenvalue weighted by molar-refractivity contribution is -0.137. The van der Waals surface area contributed by atoms with E-state index >= 15 is 0 Å². The van der Waals surface area contributed by atoms with Gasteiger partial charge in [-0.15, -0.1) is 0 Å². The normalized spacial score (nSPS) is 30.4. The van der Waals surface area contributed by atoms with Crippen molar-refractivity contribution < 1.29 is 9.90 Å². The Balaban J connectivity index is 1.74. The number of carboxylic acids is 1. The summed E-state index contributed by atoms with van der Waals surface area (Å²) < 4.78 is 0. The zero-order chi connectivity index (χ0) is 13.1. The molecular formula is C14H26N2O2. The van der Waals surface area contributed by atoms with E-state index in [4.69, 9.17) is 5.11 Å². The molecule has 0 aromatic rings. The molecule has 0 radical (unpaired) electrons. The van der Waals surface area contributed by atoms with Gasteiger partial charge in [0.2, 0.25) is 0 Å². The molecule has 2 fully saturated rings. The molecule has 2 aliphatic rings. The van der Waals surface area contributed by atoms with Crippen molar-refractivity contribution in [3.05, 3.63) is 0 Å². The average molecular weight is 254 g/mol. The standard InChI is InChI=1S/C14H26N2O2/c1-11(2)15-8-6-13(10-15)16-7-5-12(9-16)3-4-14(17)18/h11-13H,3-10H2,1-2H3,(H,17,18). The maximum absolute atomic E-state index is 10.6. The van der Waals surface area contributed by atoms with Crippen molar-refractivity contribution in [2.24, 2.45) is 5.92 Å². The Morgan fingerprint density at radius 3 is 2.67 bits per heavy atom. The number of rotatable bonds is 5.